The third-order valence-corrected chi connectivity index (χ3v) is 7.62. The number of aromatic nitrogens is 2. The van der Waals surface area contributed by atoms with Crippen molar-refractivity contribution in [2.75, 3.05) is 0 Å². The molecule has 2 aromatic heterocycles. The van der Waals surface area contributed by atoms with Crippen LogP contribution >= 0.6 is 0 Å². The van der Waals surface area contributed by atoms with Crippen LogP contribution < -0.4 is 0 Å². The first-order valence-corrected chi connectivity index (χ1v) is 12.6. The van der Waals surface area contributed by atoms with E-state index in [1.165, 1.54) is 55.2 Å². The zero-order valence-electron chi connectivity index (χ0n) is 20.1. The van der Waals surface area contributed by atoms with Gasteiger partial charge in [-0.2, -0.15) is 0 Å². The zero-order chi connectivity index (χ0) is 23.5. The molecule has 7 rings (SSSR count). The van der Waals surface area contributed by atoms with Crippen LogP contribution in [0.25, 0.3) is 44.5 Å². The molecule has 6 aromatic rings. The fourth-order valence-corrected chi connectivity index (χ4v) is 6.10. The summed E-state index contributed by atoms with van der Waals surface area (Å²) in [5.74, 6) is 0.362. The van der Waals surface area contributed by atoms with Crippen LogP contribution in [0.1, 0.15) is 42.6 Å². The summed E-state index contributed by atoms with van der Waals surface area (Å²) in [7, 11) is 0. The standard InChI is InChI=1S/C33H28N2/c1-22(2)34-30-14-8-6-12-26(30)28-18-16-24(21-33(28)34)23-17-19-32-29(20-23)27-13-7-9-15-31(27)35(32)25-10-4-3-5-11-25/h3-19,21-23H,20H2,1-2H3. The summed E-state index contributed by atoms with van der Waals surface area (Å²) in [4.78, 5) is 0. The molecule has 2 nitrogen and oxygen atoms in total. The lowest BCUT2D eigenvalue weighted by atomic mass is 9.86. The molecular formula is C33H28N2. The maximum atomic E-state index is 2.49. The van der Waals surface area contributed by atoms with Crippen LogP contribution in [0.15, 0.2) is 103 Å². The lowest BCUT2D eigenvalue weighted by molar-refractivity contribution is 0.642. The highest BCUT2D eigenvalue weighted by Gasteiger charge is 2.24. The van der Waals surface area contributed by atoms with Crippen LogP contribution in [0.2, 0.25) is 0 Å². The summed E-state index contributed by atoms with van der Waals surface area (Å²) in [5, 5.41) is 4.05. The molecule has 0 amide bonds. The number of hydrogen-bond acceptors (Lipinski definition) is 0. The van der Waals surface area contributed by atoms with Crippen LogP contribution in [0, 0.1) is 0 Å². The molecule has 1 unspecified atom stereocenters. The highest BCUT2D eigenvalue weighted by molar-refractivity contribution is 6.08. The Morgan fingerprint density at radius 1 is 0.686 bits per heavy atom. The minimum absolute atomic E-state index is 0.362. The number of rotatable bonds is 3. The molecule has 35 heavy (non-hydrogen) atoms. The average molecular weight is 453 g/mol. The van der Waals surface area contributed by atoms with Gasteiger partial charge in [0.2, 0.25) is 0 Å². The van der Waals surface area contributed by atoms with E-state index in [2.05, 4.69) is 132 Å². The van der Waals surface area contributed by atoms with E-state index >= 15 is 0 Å². The number of allylic oxidation sites excluding steroid dienone is 1. The number of benzene rings is 4. The minimum atomic E-state index is 0.362. The molecule has 0 spiro atoms. The van der Waals surface area contributed by atoms with E-state index in [0.717, 1.165) is 6.42 Å². The van der Waals surface area contributed by atoms with Gasteiger partial charge in [0.25, 0.3) is 0 Å². The normalized spacial score (nSPS) is 15.5. The van der Waals surface area contributed by atoms with Gasteiger partial charge in [0.05, 0.1) is 5.52 Å². The molecule has 1 aliphatic rings. The van der Waals surface area contributed by atoms with E-state index in [-0.39, 0.29) is 0 Å². The number of fused-ring (bicyclic) bond motifs is 6. The monoisotopic (exact) mass is 452 g/mol. The van der Waals surface area contributed by atoms with Crippen LogP contribution in [0.4, 0.5) is 0 Å². The Morgan fingerprint density at radius 3 is 2.17 bits per heavy atom. The van der Waals surface area contributed by atoms with E-state index in [1.807, 2.05) is 0 Å². The van der Waals surface area contributed by atoms with Crippen molar-refractivity contribution in [2.24, 2.45) is 0 Å². The SMILES string of the molecule is CC(C)n1c2ccccc2c2ccc(C3C=Cc4c(c5ccccc5n4-c4ccccc4)C3)cc21. The number of hydrogen-bond donors (Lipinski definition) is 0. The fourth-order valence-electron chi connectivity index (χ4n) is 6.10. The molecule has 0 saturated heterocycles. The van der Waals surface area contributed by atoms with E-state index < -0.39 is 0 Å². The second-order valence-electron chi connectivity index (χ2n) is 9.98. The third-order valence-electron chi connectivity index (χ3n) is 7.62. The van der Waals surface area contributed by atoms with Crippen LogP contribution in [-0.2, 0) is 6.42 Å². The van der Waals surface area contributed by atoms with Crippen molar-refractivity contribution in [2.45, 2.75) is 32.2 Å². The molecular weight excluding hydrogens is 424 g/mol. The Balaban J connectivity index is 1.38. The van der Waals surface area contributed by atoms with Gasteiger partial charge in [0.1, 0.15) is 0 Å². The van der Waals surface area contributed by atoms with Gasteiger partial charge in [-0.25, -0.2) is 0 Å². The van der Waals surface area contributed by atoms with Crippen molar-refractivity contribution < 1.29 is 0 Å². The fraction of sp³-hybridized carbons (Fsp3) is 0.152. The first kappa shape index (κ1) is 20.3. The predicted molar refractivity (Wildman–Crippen MR) is 149 cm³/mol. The average Bonchev–Trinajstić information content (AvgIpc) is 3.41. The molecule has 1 atom stereocenters. The lowest BCUT2D eigenvalue weighted by Gasteiger charge is -2.20. The molecule has 0 fully saturated rings. The molecule has 1 aliphatic carbocycles. The van der Waals surface area contributed by atoms with Crippen LogP contribution in [-0.4, -0.2) is 9.13 Å². The van der Waals surface area contributed by atoms with Gasteiger partial charge >= 0.3 is 0 Å². The van der Waals surface area contributed by atoms with Crippen molar-refractivity contribution in [1.29, 1.82) is 0 Å². The van der Waals surface area contributed by atoms with Crippen molar-refractivity contribution in [1.82, 2.24) is 9.13 Å². The van der Waals surface area contributed by atoms with E-state index in [4.69, 9.17) is 0 Å². The minimum Gasteiger partial charge on any atom is -0.338 e. The molecule has 170 valence electrons. The number of para-hydroxylation sites is 3. The summed E-state index contributed by atoms with van der Waals surface area (Å²) in [6.45, 7) is 4.56. The van der Waals surface area contributed by atoms with Crippen molar-refractivity contribution in [3.8, 4) is 5.69 Å². The van der Waals surface area contributed by atoms with Crippen molar-refractivity contribution in [3.05, 3.63) is 120 Å². The summed E-state index contributed by atoms with van der Waals surface area (Å²) < 4.78 is 4.91. The molecule has 2 heteroatoms. The maximum absolute atomic E-state index is 2.49. The topological polar surface area (TPSA) is 9.86 Å². The van der Waals surface area contributed by atoms with Gasteiger partial charge in [0.15, 0.2) is 0 Å². The smallest absolute Gasteiger partial charge is 0.0537 e. The molecule has 2 heterocycles. The lowest BCUT2D eigenvalue weighted by Crippen LogP contribution is -2.07. The predicted octanol–water partition coefficient (Wildman–Crippen LogP) is 8.67. The maximum Gasteiger partial charge on any atom is 0.0537 e. The Morgan fingerprint density at radius 2 is 1.37 bits per heavy atom. The van der Waals surface area contributed by atoms with Gasteiger partial charge in [-0.05, 0) is 67.8 Å². The van der Waals surface area contributed by atoms with Gasteiger partial charge in [-0.1, -0.05) is 72.8 Å². The largest absolute Gasteiger partial charge is 0.338 e. The molecule has 0 N–H and O–H groups in total. The summed E-state index contributed by atoms with van der Waals surface area (Å²) >= 11 is 0. The van der Waals surface area contributed by atoms with Gasteiger partial charge in [0, 0.05) is 50.5 Å². The van der Waals surface area contributed by atoms with Crippen LogP contribution in [0.5, 0.6) is 0 Å². The van der Waals surface area contributed by atoms with Crippen molar-refractivity contribution >= 4 is 38.8 Å². The van der Waals surface area contributed by atoms with E-state index in [0.29, 0.717) is 12.0 Å². The Hall–Kier alpha value is -4.04. The Labute approximate surface area is 205 Å². The highest BCUT2D eigenvalue weighted by Crippen LogP contribution is 2.40. The quantitative estimate of drug-likeness (QED) is 0.254. The first-order chi connectivity index (χ1) is 17.2. The third kappa shape index (κ3) is 3.03. The summed E-state index contributed by atoms with van der Waals surface area (Å²) in [6, 6.07) is 35.9. The molecule has 0 radical (unpaired) electrons. The van der Waals surface area contributed by atoms with Gasteiger partial charge < -0.3 is 9.13 Å². The van der Waals surface area contributed by atoms with Crippen molar-refractivity contribution in [3.63, 3.8) is 0 Å². The Kier molecular flexibility index (Phi) is 4.50. The first-order valence-electron chi connectivity index (χ1n) is 12.6. The molecule has 0 bridgehead atoms. The highest BCUT2D eigenvalue weighted by atomic mass is 15.0. The summed E-state index contributed by atoms with van der Waals surface area (Å²) in [6.07, 6.45) is 5.77. The van der Waals surface area contributed by atoms with E-state index in [9.17, 15) is 0 Å². The molecule has 4 aromatic carbocycles. The number of nitrogens with zero attached hydrogens (tertiary/aromatic N) is 2. The van der Waals surface area contributed by atoms with Gasteiger partial charge in [-0.15, -0.1) is 0 Å². The molecule has 0 saturated carbocycles. The summed E-state index contributed by atoms with van der Waals surface area (Å²) in [5.41, 5.74) is 9.31. The second-order valence-corrected chi connectivity index (χ2v) is 9.98. The van der Waals surface area contributed by atoms with Crippen LogP contribution in [0.3, 0.4) is 0 Å². The Bertz CT molecular complexity index is 1740. The molecule has 0 aliphatic heterocycles. The van der Waals surface area contributed by atoms with E-state index in [1.54, 1.807) is 0 Å². The zero-order valence-corrected chi connectivity index (χ0v) is 20.1. The second kappa shape index (κ2) is 7.74. The van der Waals surface area contributed by atoms with Gasteiger partial charge in [-0.3, -0.25) is 0 Å².